The lowest BCUT2D eigenvalue weighted by Gasteiger charge is -2.10. The van der Waals surface area contributed by atoms with Gasteiger partial charge >= 0.3 is 0 Å². The first-order chi connectivity index (χ1) is 10.1. The molecule has 0 saturated carbocycles. The highest BCUT2D eigenvalue weighted by atomic mass is 16.6. The highest BCUT2D eigenvalue weighted by Gasteiger charge is 2.14. The summed E-state index contributed by atoms with van der Waals surface area (Å²) in [4.78, 5) is 14.9. The number of nitro benzene ring substituents is 1. The van der Waals surface area contributed by atoms with E-state index >= 15 is 0 Å². The zero-order chi connectivity index (χ0) is 15.2. The van der Waals surface area contributed by atoms with Gasteiger partial charge in [-0.1, -0.05) is 0 Å². The fourth-order valence-electron chi connectivity index (χ4n) is 2.24. The Morgan fingerprint density at radius 1 is 1.33 bits per heavy atom. The number of ether oxygens (including phenoxy) is 1. The molecule has 6 nitrogen and oxygen atoms in total. The molecule has 1 heterocycles. The van der Waals surface area contributed by atoms with Crippen molar-refractivity contribution in [2.45, 2.75) is 19.8 Å². The number of nitrogens with one attached hydrogen (secondary N) is 1. The van der Waals surface area contributed by atoms with E-state index in [0.29, 0.717) is 5.39 Å². The number of aryl methyl sites for hydroxylation is 1. The van der Waals surface area contributed by atoms with Gasteiger partial charge in [0.05, 0.1) is 10.3 Å². The van der Waals surface area contributed by atoms with E-state index in [-0.39, 0.29) is 10.6 Å². The number of methoxy groups -OCH3 is 1. The number of pyridine rings is 1. The first-order valence-electron chi connectivity index (χ1n) is 6.90. The predicted molar refractivity (Wildman–Crippen MR) is 82.7 cm³/mol. The highest BCUT2D eigenvalue weighted by Crippen LogP contribution is 2.31. The molecule has 1 aromatic carbocycles. The average molecular weight is 289 g/mol. The molecule has 2 aromatic rings. The van der Waals surface area contributed by atoms with E-state index in [1.54, 1.807) is 19.4 Å². The molecule has 0 aliphatic carbocycles. The van der Waals surface area contributed by atoms with Crippen molar-refractivity contribution in [1.82, 2.24) is 4.98 Å². The number of rotatable bonds is 7. The summed E-state index contributed by atoms with van der Waals surface area (Å²) in [5.41, 5.74) is 1.83. The maximum atomic E-state index is 11.1. The lowest BCUT2D eigenvalue weighted by molar-refractivity contribution is -0.383. The fraction of sp³-hybridized carbons (Fsp3) is 0.400. The van der Waals surface area contributed by atoms with Gasteiger partial charge in [0.2, 0.25) is 0 Å². The van der Waals surface area contributed by atoms with Crippen molar-refractivity contribution in [1.29, 1.82) is 0 Å². The average Bonchev–Trinajstić information content (AvgIpc) is 2.46. The van der Waals surface area contributed by atoms with Gasteiger partial charge in [-0.3, -0.25) is 15.1 Å². The lowest BCUT2D eigenvalue weighted by Crippen LogP contribution is -2.04. The molecule has 0 fully saturated rings. The second-order valence-corrected chi connectivity index (χ2v) is 4.89. The minimum atomic E-state index is -0.373. The van der Waals surface area contributed by atoms with Crippen LogP contribution < -0.4 is 5.32 Å². The van der Waals surface area contributed by atoms with Crippen molar-refractivity contribution in [2.75, 3.05) is 25.6 Å². The van der Waals surface area contributed by atoms with Crippen molar-refractivity contribution < 1.29 is 9.66 Å². The Kier molecular flexibility index (Phi) is 5.05. The van der Waals surface area contributed by atoms with E-state index in [1.807, 2.05) is 13.0 Å². The molecule has 0 radical (unpaired) electrons. The Balaban J connectivity index is 2.25. The number of nitrogens with zero attached hydrogens (tertiary/aromatic N) is 2. The zero-order valence-corrected chi connectivity index (χ0v) is 12.3. The van der Waals surface area contributed by atoms with Crippen LogP contribution in [0.1, 0.15) is 18.5 Å². The van der Waals surface area contributed by atoms with Gasteiger partial charge < -0.3 is 10.1 Å². The van der Waals surface area contributed by atoms with Crippen LogP contribution >= 0.6 is 0 Å². The molecule has 0 amide bonds. The fourth-order valence-corrected chi connectivity index (χ4v) is 2.24. The molecule has 0 bridgehead atoms. The summed E-state index contributed by atoms with van der Waals surface area (Å²) in [6.45, 7) is 3.42. The first-order valence-corrected chi connectivity index (χ1v) is 6.90. The third kappa shape index (κ3) is 3.66. The van der Waals surface area contributed by atoms with Crippen LogP contribution in [0.5, 0.6) is 0 Å². The Morgan fingerprint density at radius 3 is 2.86 bits per heavy atom. The summed E-state index contributed by atoms with van der Waals surface area (Å²) in [6, 6.07) is 5.16. The number of non-ortho nitro benzene ring substituents is 1. The van der Waals surface area contributed by atoms with Crippen LogP contribution in [0.4, 0.5) is 11.4 Å². The van der Waals surface area contributed by atoms with Crippen molar-refractivity contribution in [3.8, 4) is 0 Å². The highest BCUT2D eigenvalue weighted by molar-refractivity contribution is 5.99. The second-order valence-electron chi connectivity index (χ2n) is 4.89. The summed E-state index contributed by atoms with van der Waals surface area (Å²) in [5.74, 6) is 0. The van der Waals surface area contributed by atoms with Crippen LogP contribution in [0.3, 0.4) is 0 Å². The second kappa shape index (κ2) is 6.99. The predicted octanol–water partition coefficient (Wildman–Crippen LogP) is 3.29. The SMILES string of the molecule is COCCCCNc1ccc([N+](=O)[O-])c2cnc(C)cc12. The number of hydrogen-bond acceptors (Lipinski definition) is 5. The van der Waals surface area contributed by atoms with E-state index < -0.39 is 0 Å². The molecule has 2 rings (SSSR count). The van der Waals surface area contributed by atoms with Gasteiger partial charge in [0, 0.05) is 49.3 Å². The standard InChI is InChI=1S/C15H19N3O3/c1-11-9-12-13(10-17-11)15(18(19)20)6-5-14(12)16-7-3-4-8-21-2/h5-6,9-10,16H,3-4,7-8H2,1-2H3. The largest absolute Gasteiger partial charge is 0.385 e. The van der Waals surface area contributed by atoms with Crippen molar-refractivity contribution >= 4 is 22.1 Å². The molecule has 0 unspecified atom stereocenters. The van der Waals surface area contributed by atoms with E-state index in [4.69, 9.17) is 4.74 Å². The Bertz CT molecular complexity index is 643. The zero-order valence-electron chi connectivity index (χ0n) is 12.3. The molecule has 1 N–H and O–H groups in total. The van der Waals surface area contributed by atoms with Crippen molar-refractivity contribution in [3.05, 3.63) is 40.2 Å². The van der Waals surface area contributed by atoms with Crippen LogP contribution in [-0.2, 0) is 4.74 Å². The van der Waals surface area contributed by atoms with E-state index in [2.05, 4.69) is 10.3 Å². The number of aromatic nitrogens is 1. The number of benzene rings is 1. The molecule has 1 aromatic heterocycles. The molecular formula is C15H19N3O3. The third-order valence-electron chi connectivity index (χ3n) is 3.30. The van der Waals surface area contributed by atoms with Gasteiger partial charge in [0.15, 0.2) is 0 Å². The van der Waals surface area contributed by atoms with Crippen LogP contribution in [0.2, 0.25) is 0 Å². The Labute approximate surface area is 123 Å². The number of unbranched alkanes of at least 4 members (excludes halogenated alkanes) is 1. The van der Waals surface area contributed by atoms with Gasteiger partial charge in [0.1, 0.15) is 0 Å². The van der Waals surface area contributed by atoms with Gasteiger partial charge in [-0.25, -0.2) is 0 Å². The molecule has 0 saturated heterocycles. The molecule has 112 valence electrons. The van der Waals surface area contributed by atoms with E-state index in [0.717, 1.165) is 42.8 Å². The Hall–Kier alpha value is -2.21. The van der Waals surface area contributed by atoms with Gasteiger partial charge in [-0.2, -0.15) is 0 Å². The Morgan fingerprint density at radius 2 is 2.14 bits per heavy atom. The van der Waals surface area contributed by atoms with Crippen LogP contribution in [-0.4, -0.2) is 30.2 Å². The molecule has 6 heteroatoms. The monoisotopic (exact) mass is 289 g/mol. The normalized spacial score (nSPS) is 10.8. The van der Waals surface area contributed by atoms with Crippen LogP contribution in [0, 0.1) is 17.0 Å². The van der Waals surface area contributed by atoms with Crippen molar-refractivity contribution in [3.63, 3.8) is 0 Å². The first kappa shape index (κ1) is 15.2. The number of fused-ring (bicyclic) bond motifs is 1. The van der Waals surface area contributed by atoms with Crippen LogP contribution in [0.15, 0.2) is 24.4 Å². The third-order valence-corrected chi connectivity index (χ3v) is 3.30. The molecule has 0 atom stereocenters. The van der Waals surface area contributed by atoms with Gasteiger partial charge in [-0.05, 0) is 31.9 Å². The number of nitro groups is 1. The minimum absolute atomic E-state index is 0.0856. The summed E-state index contributed by atoms with van der Waals surface area (Å²) in [5, 5.41) is 15.8. The quantitative estimate of drug-likeness (QED) is 0.481. The van der Waals surface area contributed by atoms with Crippen molar-refractivity contribution in [2.24, 2.45) is 0 Å². The summed E-state index contributed by atoms with van der Waals surface area (Å²) < 4.78 is 5.01. The van der Waals surface area contributed by atoms with Crippen LogP contribution in [0.25, 0.3) is 10.8 Å². The summed E-state index contributed by atoms with van der Waals surface area (Å²) in [6.07, 6.45) is 3.53. The van der Waals surface area contributed by atoms with E-state index in [9.17, 15) is 10.1 Å². The molecule has 0 aliphatic heterocycles. The summed E-state index contributed by atoms with van der Waals surface area (Å²) in [7, 11) is 1.69. The maximum absolute atomic E-state index is 11.1. The maximum Gasteiger partial charge on any atom is 0.278 e. The topological polar surface area (TPSA) is 77.3 Å². The lowest BCUT2D eigenvalue weighted by atomic mass is 10.1. The molecular weight excluding hydrogens is 270 g/mol. The number of anilines is 1. The van der Waals surface area contributed by atoms with Gasteiger partial charge in [0.25, 0.3) is 5.69 Å². The van der Waals surface area contributed by atoms with Gasteiger partial charge in [-0.15, -0.1) is 0 Å². The molecule has 0 aliphatic rings. The minimum Gasteiger partial charge on any atom is -0.385 e. The van der Waals surface area contributed by atoms with E-state index in [1.165, 1.54) is 6.07 Å². The molecule has 21 heavy (non-hydrogen) atoms. The number of hydrogen-bond donors (Lipinski definition) is 1. The summed E-state index contributed by atoms with van der Waals surface area (Å²) >= 11 is 0. The smallest absolute Gasteiger partial charge is 0.278 e. The molecule has 0 spiro atoms.